The number of Topliss-reactive ketones (excluding diaryl/α,β-unsaturated/α-hetero) is 1. The van der Waals surface area contributed by atoms with Crippen LogP contribution in [0.15, 0.2) is 30.3 Å². The smallest absolute Gasteiger partial charge is 0.169 e. The summed E-state index contributed by atoms with van der Waals surface area (Å²) in [7, 11) is 1.65. The SMILES string of the molecule is COCCN(CCO)CC(C)(C)C(=O)c1ccccc1. The highest BCUT2D eigenvalue weighted by molar-refractivity contribution is 6.00. The van der Waals surface area contributed by atoms with Crippen LogP contribution in [0, 0.1) is 5.41 Å². The standard InChI is InChI=1S/C16H25NO3/c1-16(2,13-17(9-11-18)10-12-20-3)15(19)14-7-5-4-6-8-14/h4-8,18H,9-13H2,1-3H3. The first-order chi connectivity index (χ1) is 9.51. The van der Waals surface area contributed by atoms with Crippen LogP contribution < -0.4 is 0 Å². The van der Waals surface area contributed by atoms with Crippen LogP contribution in [0.4, 0.5) is 0 Å². The molecule has 0 unspecified atom stereocenters. The van der Waals surface area contributed by atoms with E-state index >= 15 is 0 Å². The molecule has 1 N–H and O–H groups in total. The molecule has 0 spiro atoms. The van der Waals surface area contributed by atoms with Gasteiger partial charge in [-0.25, -0.2) is 0 Å². The number of nitrogens with zero attached hydrogens (tertiary/aromatic N) is 1. The average Bonchev–Trinajstić information content (AvgIpc) is 2.45. The summed E-state index contributed by atoms with van der Waals surface area (Å²) in [5.74, 6) is 0.124. The first-order valence-corrected chi connectivity index (χ1v) is 6.93. The van der Waals surface area contributed by atoms with Gasteiger partial charge in [-0.3, -0.25) is 9.69 Å². The highest BCUT2D eigenvalue weighted by Gasteiger charge is 2.30. The topological polar surface area (TPSA) is 49.8 Å². The van der Waals surface area contributed by atoms with E-state index in [9.17, 15) is 4.79 Å². The maximum atomic E-state index is 12.6. The molecule has 0 aliphatic carbocycles. The highest BCUT2D eigenvalue weighted by Crippen LogP contribution is 2.23. The molecule has 1 rings (SSSR count). The van der Waals surface area contributed by atoms with Gasteiger partial charge in [0, 0.05) is 37.7 Å². The Morgan fingerprint density at radius 3 is 2.45 bits per heavy atom. The van der Waals surface area contributed by atoms with Crippen LogP contribution in [0.25, 0.3) is 0 Å². The summed E-state index contributed by atoms with van der Waals surface area (Å²) in [4.78, 5) is 14.6. The molecule has 0 heterocycles. The number of ether oxygens (including phenoxy) is 1. The van der Waals surface area contributed by atoms with E-state index in [0.29, 0.717) is 26.2 Å². The first kappa shape index (κ1) is 16.8. The maximum absolute atomic E-state index is 12.6. The lowest BCUT2D eigenvalue weighted by atomic mass is 9.83. The lowest BCUT2D eigenvalue weighted by Crippen LogP contribution is -2.42. The summed E-state index contributed by atoms with van der Waals surface area (Å²) >= 11 is 0. The molecule has 0 aliphatic heterocycles. The van der Waals surface area contributed by atoms with E-state index in [0.717, 1.165) is 5.56 Å². The van der Waals surface area contributed by atoms with Crippen LogP contribution in [0.1, 0.15) is 24.2 Å². The molecule has 4 nitrogen and oxygen atoms in total. The molecule has 0 aromatic heterocycles. The molecule has 1 aromatic rings. The second-order valence-corrected chi connectivity index (χ2v) is 5.57. The number of carbonyl (C=O) groups excluding carboxylic acids is 1. The van der Waals surface area contributed by atoms with Crippen LogP contribution in [0.2, 0.25) is 0 Å². The molecule has 1 aromatic carbocycles. The van der Waals surface area contributed by atoms with Crippen molar-refractivity contribution in [2.75, 3.05) is 40.0 Å². The van der Waals surface area contributed by atoms with Gasteiger partial charge in [0.15, 0.2) is 5.78 Å². The van der Waals surface area contributed by atoms with E-state index in [1.54, 1.807) is 7.11 Å². The van der Waals surface area contributed by atoms with Gasteiger partial charge in [-0.15, -0.1) is 0 Å². The Kier molecular flexibility index (Phi) is 6.85. The Bertz CT molecular complexity index is 403. The lowest BCUT2D eigenvalue weighted by molar-refractivity contribution is 0.0688. The number of aliphatic hydroxyl groups excluding tert-OH is 1. The number of rotatable bonds is 9. The maximum Gasteiger partial charge on any atom is 0.169 e. The molecule has 0 saturated heterocycles. The van der Waals surface area contributed by atoms with E-state index in [1.807, 2.05) is 44.2 Å². The number of hydrogen-bond acceptors (Lipinski definition) is 4. The third-order valence-corrected chi connectivity index (χ3v) is 3.30. The molecule has 0 saturated carbocycles. The molecular weight excluding hydrogens is 254 g/mol. The number of hydrogen-bond donors (Lipinski definition) is 1. The zero-order valence-electron chi connectivity index (χ0n) is 12.6. The lowest BCUT2D eigenvalue weighted by Gasteiger charge is -2.31. The third kappa shape index (κ3) is 5.04. The minimum Gasteiger partial charge on any atom is -0.395 e. The van der Waals surface area contributed by atoms with E-state index in [4.69, 9.17) is 9.84 Å². The van der Waals surface area contributed by atoms with Crippen molar-refractivity contribution in [2.24, 2.45) is 5.41 Å². The molecule has 0 fully saturated rings. The largest absolute Gasteiger partial charge is 0.395 e. The number of carbonyl (C=O) groups is 1. The number of ketones is 1. The summed E-state index contributed by atoms with van der Waals surface area (Å²) in [6.45, 7) is 6.43. The van der Waals surface area contributed by atoms with Crippen molar-refractivity contribution in [3.8, 4) is 0 Å². The minimum atomic E-state index is -0.496. The van der Waals surface area contributed by atoms with E-state index in [-0.39, 0.29) is 12.4 Å². The summed E-state index contributed by atoms with van der Waals surface area (Å²) in [6.07, 6.45) is 0. The Morgan fingerprint density at radius 2 is 1.90 bits per heavy atom. The fourth-order valence-corrected chi connectivity index (χ4v) is 2.24. The quantitative estimate of drug-likeness (QED) is 0.701. The fourth-order valence-electron chi connectivity index (χ4n) is 2.24. The normalized spacial score (nSPS) is 11.8. The Hall–Kier alpha value is -1.23. The average molecular weight is 279 g/mol. The molecule has 0 radical (unpaired) electrons. The molecular formula is C16H25NO3. The van der Waals surface area contributed by atoms with Crippen LogP contribution in [-0.2, 0) is 4.74 Å². The second kappa shape index (κ2) is 8.15. The number of methoxy groups -OCH3 is 1. The Morgan fingerprint density at radius 1 is 1.25 bits per heavy atom. The van der Waals surface area contributed by atoms with Crippen LogP contribution in [0.5, 0.6) is 0 Å². The Balaban J connectivity index is 2.73. The van der Waals surface area contributed by atoms with Gasteiger partial charge >= 0.3 is 0 Å². The van der Waals surface area contributed by atoms with Crippen molar-refractivity contribution >= 4 is 5.78 Å². The number of benzene rings is 1. The number of aliphatic hydroxyl groups is 1. The molecule has 112 valence electrons. The van der Waals surface area contributed by atoms with Gasteiger partial charge in [-0.1, -0.05) is 44.2 Å². The van der Waals surface area contributed by atoms with Gasteiger partial charge in [-0.05, 0) is 0 Å². The van der Waals surface area contributed by atoms with Crippen LogP contribution in [0.3, 0.4) is 0 Å². The van der Waals surface area contributed by atoms with Crippen molar-refractivity contribution in [1.82, 2.24) is 4.90 Å². The molecule has 0 aliphatic rings. The van der Waals surface area contributed by atoms with Gasteiger partial charge < -0.3 is 9.84 Å². The van der Waals surface area contributed by atoms with E-state index < -0.39 is 5.41 Å². The first-order valence-electron chi connectivity index (χ1n) is 6.93. The monoisotopic (exact) mass is 279 g/mol. The van der Waals surface area contributed by atoms with E-state index in [2.05, 4.69) is 4.90 Å². The van der Waals surface area contributed by atoms with E-state index in [1.165, 1.54) is 0 Å². The zero-order valence-corrected chi connectivity index (χ0v) is 12.6. The zero-order chi connectivity index (χ0) is 15.0. The van der Waals surface area contributed by atoms with Crippen LogP contribution >= 0.6 is 0 Å². The van der Waals surface area contributed by atoms with Gasteiger partial charge in [0.2, 0.25) is 0 Å². The molecule has 0 amide bonds. The second-order valence-electron chi connectivity index (χ2n) is 5.57. The van der Waals surface area contributed by atoms with Crippen molar-refractivity contribution < 1.29 is 14.6 Å². The van der Waals surface area contributed by atoms with Gasteiger partial charge in [0.05, 0.1) is 13.2 Å². The van der Waals surface area contributed by atoms with Gasteiger partial charge in [-0.2, -0.15) is 0 Å². The predicted octanol–water partition coefficient (Wildman–Crippen LogP) is 1.84. The van der Waals surface area contributed by atoms with Crippen molar-refractivity contribution in [2.45, 2.75) is 13.8 Å². The summed E-state index contributed by atoms with van der Waals surface area (Å²) < 4.78 is 5.07. The predicted molar refractivity (Wildman–Crippen MR) is 80.0 cm³/mol. The third-order valence-electron chi connectivity index (χ3n) is 3.30. The van der Waals surface area contributed by atoms with Crippen molar-refractivity contribution in [1.29, 1.82) is 0 Å². The van der Waals surface area contributed by atoms with Gasteiger partial charge in [0.25, 0.3) is 0 Å². The minimum absolute atomic E-state index is 0.0827. The fraction of sp³-hybridized carbons (Fsp3) is 0.562. The molecule has 4 heteroatoms. The highest BCUT2D eigenvalue weighted by atomic mass is 16.5. The summed E-state index contributed by atoms with van der Waals surface area (Å²) in [5.41, 5.74) is 0.234. The molecule has 0 atom stereocenters. The van der Waals surface area contributed by atoms with Crippen molar-refractivity contribution in [3.63, 3.8) is 0 Å². The molecule has 0 bridgehead atoms. The van der Waals surface area contributed by atoms with Gasteiger partial charge in [0.1, 0.15) is 0 Å². The molecule has 20 heavy (non-hydrogen) atoms. The summed E-state index contributed by atoms with van der Waals surface area (Å²) in [5, 5.41) is 9.12. The van der Waals surface area contributed by atoms with Crippen molar-refractivity contribution in [3.05, 3.63) is 35.9 Å². The van der Waals surface area contributed by atoms with Crippen LogP contribution in [-0.4, -0.2) is 55.7 Å². The Labute approximate surface area is 121 Å². The summed E-state index contributed by atoms with van der Waals surface area (Å²) in [6, 6.07) is 9.34.